The Hall–Kier alpha value is -2.97. The summed E-state index contributed by atoms with van der Waals surface area (Å²) in [5.41, 5.74) is 16.2. The topological polar surface area (TPSA) is 108 Å². The minimum atomic E-state index is -0.205. The van der Waals surface area contributed by atoms with Crippen molar-refractivity contribution in [1.82, 2.24) is 24.6 Å². The minimum Gasteiger partial charge on any atom is -0.433 e. The van der Waals surface area contributed by atoms with Crippen molar-refractivity contribution in [2.24, 2.45) is 5.73 Å². The molecule has 8 nitrogen and oxygen atoms in total. The number of benzene rings is 1. The molecule has 0 unspecified atom stereocenters. The molecule has 3 aromatic rings. The number of nitrogen functional groups attached to an aromatic ring is 1. The Morgan fingerprint density at radius 3 is 2.65 bits per heavy atom. The number of likely N-dealkylation sites (tertiary alicyclic amines) is 1. The molecule has 2 aliphatic rings. The molecule has 0 bridgehead atoms. The van der Waals surface area contributed by atoms with Crippen molar-refractivity contribution in [3.8, 4) is 22.9 Å². The quantitative estimate of drug-likeness (QED) is 0.653. The summed E-state index contributed by atoms with van der Waals surface area (Å²) in [6.45, 7) is 4.21. The highest BCUT2D eigenvalue weighted by Gasteiger charge is 2.40. The van der Waals surface area contributed by atoms with Crippen LogP contribution in [0.3, 0.4) is 0 Å². The van der Waals surface area contributed by atoms with E-state index in [2.05, 4.69) is 52.1 Å². The number of rotatable bonds is 5. The maximum Gasteiger partial charge on any atom is 0.263 e. The fraction of sp³-hybridized carbons (Fsp3) is 0.435. The summed E-state index contributed by atoms with van der Waals surface area (Å²) >= 11 is 0. The van der Waals surface area contributed by atoms with Gasteiger partial charge in [-0.1, -0.05) is 11.6 Å². The number of anilines is 1. The maximum atomic E-state index is 6.42. The lowest BCUT2D eigenvalue weighted by molar-refractivity contribution is 0.212. The van der Waals surface area contributed by atoms with E-state index < -0.39 is 0 Å². The van der Waals surface area contributed by atoms with Crippen LogP contribution in [0.25, 0.3) is 11.3 Å². The Bertz CT molecular complexity index is 1100. The van der Waals surface area contributed by atoms with Crippen LogP contribution >= 0.6 is 0 Å². The van der Waals surface area contributed by atoms with Crippen molar-refractivity contribution < 1.29 is 4.74 Å². The van der Waals surface area contributed by atoms with Gasteiger partial charge in [-0.05, 0) is 70.4 Å². The fourth-order valence-corrected chi connectivity index (χ4v) is 4.18. The number of nitrogens with two attached hydrogens (primary N) is 2. The number of nitrogens with zero attached hydrogens (tertiary/aromatic N) is 5. The molecule has 8 heteroatoms. The van der Waals surface area contributed by atoms with Crippen LogP contribution in [0.5, 0.6) is 11.6 Å². The highest BCUT2D eigenvalue weighted by atomic mass is 16.5. The predicted molar refractivity (Wildman–Crippen MR) is 120 cm³/mol. The molecule has 0 spiro atoms. The van der Waals surface area contributed by atoms with Crippen LogP contribution in [0.1, 0.15) is 42.9 Å². The van der Waals surface area contributed by atoms with Crippen molar-refractivity contribution in [1.29, 1.82) is 0 Å². The van der Waals surface area contributed by atoms with Gasteiger partial charge in [0.1, 0.15) is 0 Å². The first kappa shape index (κ1) is 20.0. The standard InChI is InChI=1S/C23H29N7O/c1-15-9-16(11-17(10-15)23(25)5-6-23)20-13-26-21(24)22(28-20)31-19-12-27-30(14-19)18-3-7-29(2)8-4-18/h9-14,18H,3-8,25H2,1-2H3,(H2,24,26). The number of hydrogen-bond donors (Lipinski definition) is 2. The average molecular weight is 420 g/mol. The zero-order valence-electron chi connectivity index (χ0n) is 18.1. The van der Waals surface area contributed by atoms with Crippen LogP contribution in [-0.4, -0.2) is 44.8 Å². The van der Waals surface area contributed by atoms with Gasteiger partial charge in [-0.3, -0.25) is 4.68 Å². The summed E-state index contributed by atoms with van der Waals surface area (Å²) < 4.78 is 7.97. The molecule has 3 heterocycles. The van der Waals surface area contributed by atoms with E-state index in [1.54, 1.807) is 12.4 Å². The fourth-order valence-electron chi connectivity index (χ4n) is 4.18. The Kier molecular flexibility index (Phi) is 4.91. The lowest BCUT2D eigenvalue weighted by Crippen LogP contribution is -2.31. The third kappa shape index (κ3) is 4.13. The van der Waals surface area contributed by atoms with Gasteiger partial charge >= 0.3 is 0 Å². The van der Waals surface area contributed by atoms with Crippen molar-refractivity contribution in [3.63, 3.8) is 0 Å². The molecular weight excluding hydrogens is 390 g/mol. The van der Waals surface area contributed by atoms with Crippen LogP contribution in [0.4, 0.5) is 5.82 Å². The molecule has 162 valence electrons. The zero-order chi connectivity index (χ0) is 21.6. The number of hydrogen-bond acceptors (Lipinski definition) is 7. The van der Waals surface area contributed by atoms with Gasteiger partial charge in [-0.2, -0.15) is 5.10 Å². The first-order chi connectivity index (χ1) is 14.9. The van der Waals surface area contributed by atoms with Gasteiger partial charge < -0.3 is 21.1 Å². The summed E-state index contributed by atoms with van der Waals surface area (Å²) in [4.78, 5) is 11.3. The molecular formula is C23H29N7O. The van der Waals surface area contributed by atoms with Crippen molar-refractivity contribution in [2.45, 2.75) is 44.2 Å². The highest BCUT2D eigenvalue weighted by Crippen LogP contribution is 2.44. The van der Waals surface area contributed by atoms with Crippen LogP contribution < -0.4 is 16.2 Å². The third-order valence-corrected chi connectivity index (χ3v) is 6.36. The normalized spacial score (nSPS) is 18.8. The van der Waals surface area contributed by atoms with Gasteiger partial charge in [0.25, 0.3) is 5.88 Å². The molecule has 1 aliphatic heterocycles. The largest absolute Gasteiger partial charge is 0.433 e. The molecule has 0 atom stereocenters. The van der Waals surface area contributed by atoms with Crippen LogP contribution in [0, 0.1) is 6.92 Å². The molecule has 31 heavy (non-hydrogen) atoms. The smallest absolute Gasteiger partial charge is 0.263 e. The van der Waals surface area contributed by atoms with Gasteiger partial charge in [-0.25, -0.2) is 9.97 Å². The van der Waals surface area contributed by atoms with E-state index in [1.807, 2.05) is 10.9 Å². The highest BCUT2D eigenvalue weighted by molar-refractivity contribution is 5.63. The molecule has 2 aromatic heterocycles. The molecule has 0 amide bonds. The third-order valence-electron chi connectivity index (χ3n) is 6.36. The zero-order valence-corrected chi connectivity index (χ0v) is 18.1. The molecule has 1 saturated heterocycles. The van der Waals surface area contributed by atoms with Gasteiger partial charge in [0.05, 0.1) is 30.3 Å². The summed E-state index contributed by atoms with van der Waals surface area (Å²) in [6.07, 6.45) is 9.49. The Labute approximate surface area is 182 Å². The maximum absolute atomic E-state index is 6.42. The first-order valence-corrected chi connectivity index (χ1v) is 10.8. The van der Waals surface area contributed by atoms with Gasteiger partial charge in [0.15, 0.2) is 11.6 Å². The molecule has 4 N–H and O–H groups in total. The summed E-state index contributed by atoms with van der Waals surface area (Å²) in [5.74, 6) is 1.15. The van der Waals surface area contributed by atoms with E-state index in [4.69, 9.17) is 16.2 Å². The van der Waals surface area contributed by atoms with E-state index in [0.717, 1.165) is 55.5 Å². The Morgan fingerprint density at radius 1 is 1.13 bits per heavy atom. The SMILES string of the molecule is Cc1cc(-c2cnc(N)c(Oc3cnn(C4CCN(C)CC4)c3)n2)cc(C2(N)CC2)c1. The van der Waals surface area contributed by atoms with Gasteiger partial charge in [-0.15, -0.1) is 0 Å². The number of piperidine rings is 1. The number of aromatic nitrogens is 4. The van der Waals surface area contributed by atoms with E-state index in [1.165, 1.54) is 0 Å². The van der Waals surface area contributed by atoms with Crippen LogP contribution in [0.15, 0.2) is 36.8 Å². The Balaban J connectivity index is 1.38. The lowest BCUT2D eigenvalue weighted by atomic mass is 9.98. The molecule has 1 aromatic carbocycles. The summed E-state index contributed by atoms with van der Waals surface area (Å²) in [7, 11) is 2.15. The number of aryl methyl sites for hydroxylation is 1. The second-order valence-electron chi connectivity index (χ2n) is 8.98. The van der Waals surface area contributed by atoms with E-state index >= 15 is 0 Å². The molecule has 5 rings (SSSR count). The Morgan fingerprint density at radius 2 is 1.90 bits per heavy atom. The summed E-state index contributed by atoms with van der Waals surface area (Å²) in [6, 6.07) is 6.72. The van der Waals surface area contributed by atoms with Gasteiger partial charge in [0.2, 0.25) is 0 Å². The average Bonchev–Trinajstić information content (AvgIpc) is 3.34. The van der Waals surface area contributed by atoms with Crippen LogP contribution in [-0.2, 0) is 5.54 Å². The monoisotopic (exact) mass is 419 g/mol. The lowest BCUT2D eigenvalue weighted by Gasteiger charge is -2.28. The van der Waals surface area contributed by atoms with Crippen molar-refractivity contribution in [2.75, 3.05) is 25.9 Å². The van der Waals surface area contributed by atoms with Crippen molar-refractivity contribution in [3.05, 3.63) is 47.9 Å². The first-order valence-electron chi connectivity index (χ1n) is 10.8. The summed E-state index contributed by atoms with van der Waals surface area (Å²) in [5, 5.41) is 4.50. The van der Waals surface area contributed by atoms with Crippen molar-refractivity contribution >= 4 is 5.82 Å². The molecule has 2 fully saturated rings. The second kappa shape index (κ2) is 7.62. The van der Waals surface area contributed by atoms with E-state index in [-0.39, 0.29) is 17.2 Å². The van der Waals surface area contributed by atoms with Gasteiger partial charge in [0, 0.05) is 11.1 Å². The van der Waals surface area contributed by atoms with E-state index in [0.29, 0.717) is 17.5 Å². The molecule has 1 saturated carbocycles. The number of ether oxygens (including phenoxy) is 1. The van der Waals surface area contributed by atoms with Crippen LogP contribution in [0.2, 0.25) is 0 Å². The predicted octanol–water partition coefficient (Wildman–Crippen LogP) is 3.24. The second-order valence-corrected chi connectivity index (χ2v) is 8.98. The minimum absolute atomic E-state index is 0.205. The molecule has 0 radical (unpaired) electrons. The molecule has 1 aliphatic carbocycles. The van der Waals surface area contributed by atoms with E-state index in [9.17, 15) is 0 Å².